The number of aromatic nitrogens is 2. The van der Waals surface area contributed by atoms with E-state index in [1.807, 2.05) is 42.5 Å². The molecule has 0 amide bonds. The Kier molecular flexibility index (Phi) is 4.83. The van der Waals surface area contributed by atoms with Gasteiger partial charge in [-0.2, -0.15) is 4.98 Å². The van der Waals surface area contributed by atoms with E-state index in [-0.39, 0.29) is 17.1 Å². The molecule has 3 aromatic carbocycles. The largest absolute Gasteiger partial charge is 0.502 e. The average molecular weight is 386 g/mol. The number of carbonyl (C=O) groups excluding carboxylic acids is 1. The van der Waals surface area contributed by atoms with Gasteiger partial charge in [-0.25, -0.2) is 4.98 Å². The van der Waals surface area contributed by atoms with Crippen LogP contribution in [-0.4, -0.2) is 33.1 Å². The fourth-order valence-electron chi connectivity index (χ4n) is 3.24. The summed E-state index contributed by atoms with van der Waals surface area (Å²) in [6.07, 6.45) is 0.299. The lowest BCUT2D eigenvalue weighted by Gasteiger charge is -2.10. The molecule has 0 aliphatic heterocycles. The van der Waals surface area contributed by atoms with E-state index < -0.39 is 17.4 Å². The van der Waals surface area contributed by atoms with Crippen LogP contribution in [0.5, 0.6) is 17.4 Å². The van der Waals surface area contributed by atoms with Crippen LogP contribution in [-0.2, 0) is 6.42 Å². The minimum absolute atomic E-state index is 0.239. The summed E-state index contributed by atoms with van der Waals surface area (Å²) in [4.78, 5) is 21.1. The maximum atomic E-state index is 12.9. The molecule has 0 bridgehead atoms. The van der Waals surface area contributed by atoms with E-state index >= 15 is 0 Å². The summed E-state index contributed by atoms with van der Waals surface area (Å²) in [5, 5.41) is 22.4. The van der Waals surface area contributed by atoms with E-state index in [2.05, 4.69) is 9.97 Å². The predicted octanol–water partition coefficient (Wildman–Crippen LogP) is 3.87. The second-order valence-corrected chi connectivity index (χ2v) is 6.54. The molecule has 6 nitrogen and oxygen atoms in total. The first-order valence-corrected chi connectivity index (χ1v) is 9.01. The maximum Gasteiger partial charge on any atom is 0.258 e. The first-order valence-electron chi connectivity index (χ1n) is 9.01. The number of hydrogen-bond donors (Lipinski definition) is 2. The van der Waals surface area contributed by atoms with Crippen molar-refractivity contribution < 1.29 is 19.7 Å². The molecule has 0 aliphatic rings. The number of fused-ring (bicyclic) bond motifs is 1. The van der Waals surface area contributed by atoms with Crippen molar-refractivity contribution in [3.63, 3.8) is 0 Å². The summed E-state index contributed by atoms with van der Waals surface area (Å²) in [5.74, 6) is -1.05. The van der Waals surface area contributed by atoms with Crippen LogP contribution in [0.25, 0.3) is 10.8 Å². The van der Waals surface area contributed by atoms with E-state index in [0.29, 0.717) is 12.2 Å². The number of nitrogens with zero attached hydrogens (tertiary/aromatic N) is 2. The molecule has 0 fully saturated rings. The van der Waals surface area contributed by atoms with Crippen LogP contribution in [0.2, 0.25) is 0 Å². The number of carbonyl (C=O) groups is 1. The minimum Gasteiger partial charge on any atom is -0.502 e. The second kappa shape index (κ2) is 7.59. The van der Waals surface area contributed by atoms with Gasteiger partial charge in [0, 0.05) is 12.0 Å². The molecule has 0 unspecified atom stereocenters. The number of ether oxygens (including phenoxy) is 1. The van der Waals surface area contributed by atoms with Crippen molar-refractivity contribution >= 4 is 16.6 Å². The molecule has 0 aliphatic carbocycles. The number of methoxy groups -OCH3 is 1. The number of rotatable bonds is 5. The van der Waals surface area contributed by atoms with E-state index in [1.54, 1.807) is 24.3 Å². The molecule has 144 valence electrons. The van der Waals surface area contributed by atoms with Crippen molar-refractivity contribution in [2.75, 3.05) is 7.11 Å². The van der Waals surface area contributed by atoms with Gasteiger partial charge in [0.15, 0.2) is 5.69 Å². The van der Waals surface area contributed by atoms with Crippen molar-refractivity contribution in [1.82, 2.24) is 9.97 Å². The fourth-order valence-corrected chi connectivity index (χ4v) is 3.24. The Balaban J connectivity index is 1.75. The van der Waals surface area contributed by atoms with Gasteiger partial charge in [-0.1, -0.05) is 54.6 Å². The van der Waals surface area contributed by atoms with Gasteiger partial charge < -0.3 is 14.9 Å². The van der Waals surface area contributed by atoms with E-state index in [4.69, 9.17) is 4.74 Å². The van der Waals surface area contributed by atoms with Crippen LogP contribution >= 0.6 is 0 Å². The highest BCUT2D eigenvalue weighted by Crippen LogP contribution is 2.29. The van der Waals surface area contributed by atoms with Crippen LogP contribution in [0.15, 0.2) is 66.7 Å². The zero-order valence-corrected chi connectivity index (χ0v) is 15.7. The van der Waals surface area contributed by atoms with Crippen molar-refractivity contribution in [2.24, 2.45) is 0 Å². The molecule has 0 radical (unpaired) electrons. The Morgan fingerprint density at radius 2 is 1.72 bits per heavy atom. The number of benzene rings is 3. The highest BCUT2D eigenvalue weighted by molar-refractivity contribution is 6.09. The normalized spacial score (nSPS) is 10.8. The summed E-state index contributed by atoms with van der Waals surface area (Å²) in [6.45, 7) is 0. The molecule has 4 aromatic rings. The molecule has 0 spiro atoms. The monoisotopic (exact) mass is 386 g/mol. The third kappa shape index (κ3) is 3.60. The van der Waals surface area contributed by atoms with Gasteiger partial charge in [0.2, 0.25) is 11.5 Å². The molecule has 0 saturated heterocycles. The number of ketones is 1. The zero-order valence-electron chi connectivity index (χ0n) is 15.7. The lowest BCUT2D eigenvalue weighted by Crippen LogP contribution is -2.09. The minimum atomic E-state index is -0.639. The molecule has 1 heterocycles. The summed E-state index contributed by atoms with van der Waals surface area (Å²) in [7, 11) is 1.50. The Labute approximate surface area is 167 Å². The third-order valence-electron chi connectivity index (χ3n) is 4.69. The first kappa shape index (κ1) is 18.4. The Hall–Kier alpha value is -3.93. The quantitative estimate of drug-likeness (QED) is 0.506. The summed E-state index contributed by atoms with van der Waals surface area (Å²) in [6, 6.07) is 20.3. The summed E-state index contributed by atoms with van der Waals surface area (Å²) in [5.41, 5.74) is 0.989. The fraction of sp³-hybridized carbons (Fsp3) is 0.0870. The van der Waals surface area contributed by atoms with Crippen molar-refractivity contribution in [2.45, 2.75) is 6.42 Å². The molecule has 6 heteroatoms. The SMILES string of the molecule is COc1cccc(C(=O)c2nc(Cc3cccc4ccccc34)nc(O)c2O)c1. The Bertz CT molecular complexity index is 1220. The molecule has 0 atom stereocenters. The molecule has 0 saturated carbocycles. The van der Waals surface area contributed by atoms with Crippen LogP contribution < -0.4 is 4.74 Å². The Morgan fingerprint density at radius 3 is 2.55 bits per heavy atom. The zero-order chi connectivity index (χ0) is 20.4. The van der Waals surface area contributed by atoms with E-state index in [1.165, 1.54) is 7.11 Å². The van der Waals surface area contributed by atoms with Gasteiger partial charge in [0.1, 0.15) is 11.6 Å². The van der Waals surface area contributed by atoms with Crippen LogP contribution in [0.3, 0.4) is 0 Å². The van der Waals surface area contributed by atoms with E-state index in [0.717, 1.165) is 16.3 Å². The highest BCUT2D eigenvalue weighted by atomic mass is 16.5. The molecule has 1 aromatic heterocycles. The topological polar surface area (TPSA) is 92.5 Å². The standard InChI is InChI=1S/C23H18N2O4/c1-29-17-10-5-9-16(12-17)21(26)20-22(27)23(28)25-19(24-20)13-15-8-4-7-14-6-2-3-11-18(14)15/h2-12,27H,13H2,1H3,(H,24,25,28). The van der Waals surface area contributed by atoms with Crippen LogP contribution in [0, 0.1) is 0 Å². The van der Waals surface area contributed by atoms with E-state index in [9.17, 15) is 15.0 Å². The molecule has 29 heavy (non-hydrogen) atoms. The molecular weight excluding hydrogens is 368 g/mol. The third-order valence-corrected chi connectivity index (χ3v) is 4.69. The first-order chi connectivity index (χ1) is 14.1. The predicted molar refractivity (Wildman–Crippen MR) is 109 cm³/mol. The maximum absolute atomic E-state index is 12.9. The average Bonchev–Trinajstić information content (AvgIpc) is 2.76. The molecular formula is C23H18N2O4. The molecule has 2 N–H and O–H groups in total. The van der Waals surface area contributed by atoms with Crippen LogP contribution in [0.4, 0.5) is 0 Å². The molecule has 4 rings (SSSR count). The Morgan fingerprint density at radius 1 is 0.966 bits per heavy atom. The van der Waals surface area contributed by atoms with Crippen molar-refractivity contribution in [3.8, 4) is 17.4 Å². The van der Waals surface area contributed by atoms with Crippen molar-refractivity contribution in [1.29, 1.82) is 0 Å². The van der Waals surface area contributed by atoms with Crippen molar-refractivity contribution in [3.05, 3.63) is 89.4 Å². The van der Waals surface area contributed by atoms with Gasteiger partial charge in [0.25, 0.3) is 5.88 Å². The highest BCUT2D eigenvalue weighted by Gasteiger charge is 2.21. The smallest absolute Gasteiger partial charge is 0.258 e. The van der Waals surface area contributed by atoms with Gasteiger partial charge >= 0.3 is 0 Å². The summed E-state index contributed by atoms with van der Waals surface area (Å²) >= 11 is 0. The number of aromatic hydroxyl groups is 2. The lowest BCUT2D eigenvalue weighted by molar-refractivity contribution is 0.102. The van der Waals surface area contributed by atoms with Crippen LogP contribution in [0.1, 0.15) is 27.4 Å². The second-order valence-electron chi connectivity index (χ2n) is 6.54. The van der Waals surface area contributed by atoms with Gasteiger partial charge in [-0.05, 0) is 28.5 Å². The summed E-state index contributed by atoms with van der Waals surface area (Å²) < 4.78 is 5.14. The van der Waals surface area contributed by atoms with Gasteiger partial charge in [-0.3, -0.25) is 4.79 Å². The van der Waals surface area contributed by atoms with Gasteiger partial charge in [0.05, 0.1) is 7.11 Å². The van der Waals surface area contributed by atoms with Gasteiger partial charge in [-0.15, -0.1) is 0 Å². The number of hydrogen-bond acceptors (Lipinski definition) is 6. The lowest BCUT2D eigenvalue weighted by atomic mass is 10.0.